The van der Waals surface area contributed by atoms with E-state index in [1.54, 1.807) is 0 Å². The van der Waals surface area contributed by atoms with Crippen LogP contribution in [-0.4, -0.2) is 36.2 Å². The SMILES string of the molecule is OB(O)OCl.[LiH]. The Hall–Kier alpha value is 0.832. The van der Waals surface area contributed by atoms with Crippen LogP contribution in [0.2, 0.25) is 0 Å². The first-order valence-electron chi connectivity index (χ1n) is 0.906. The van der Waals surface area contributed by atoms with Crippen LogP contribution in [-0.2, 0) is 4.21 Å². The number of hydrogen-bond donors (Lipinski definition) is 2. The Morgan fingerprint density at radius 1 is 1.50 bits per heavy atom. The summed E-state index contributed by atoms with van der Waals surface area (Å²) in [5, 5.41) is 15.1. The van der Waals surface area contributed by atoms with Crippen molar-refractivity contribution in [3.63, 3.8) is 0 Å². The molecule has 32 valence electrons. The molecule has 0 spiro atoms. The molecule has 6 heavy (non-hydrogen) atoms. The van der Waals surface area contributed by atoms with E-state index in [0.29, 0.717) is 0 Å². The Bertz CT molecular complexity index is 24.8. The van der Waals surface area contributed by atoms with Gasteiger partial charge in [-0.15, -0.1) is 0 Å². The van der Waals surface area contributed by atoms with Crippen molar-refractivity contribution in [2.24, 2.45) is 0 Å². The molecule has 0 aromatic rings. The van der Waals surface area contributed by atoms with E-state index in [-0.39, 0.29) is 18.9 Å². The Kier molecular flexibility index (Phi) is 9.67. The molecule has 6 heteroatoms. The molecule has 0 heterocycles. The van der Waals surface area contributed by atoms with Crippen molar-refractivity contribution in [2.45, 2.75) is 0 Å². The minimum atomic E-state index is -1.85. The molecule has 0 fully saturated rings. The first kappa shape index (κ1) is 9.95. The minimum absolute atomic E-state index is 0. The maximum absolute atomic E-state index is 7.56. The van der Waals surface area contributed by atoms with Gasteiger partial charge in [0.1, 0.15) is 0 Å². The van der Waals surface area contributed by atoms with Gasteiger partial charge in [-0.2, -0.15) is 0 Å². The molecule has 0 amide bonds. The standard InChI is InChI=1S/BClH2O3.Li.H/c2-5-1(3)4;;/h3-4H;;. The molecule has 0 atom stereocenters. The molecule has 0 rings (SSSR count). The van der Waals surface area contributed by atoms with Crippen LogP contribution in [0.25, 0.3) is 0 Å². The van der Waals surface area contributed by atoms with Gasteiger partial charge in [0.15, 0.2) is 0 Å². The van der Waals surface area contributed by atoms with Gasteiger partial charge in [-0.3, -0.25) is 4.21 Å². The second-order valence-corrected chi connectivity index (χ2v) is 0.594. The van der Waals surface area contributed by atoms with Gasteiger partial charge in [0.05, 0.1) is 0 Å². The third kappa shape index (κ3) is 8.85. The number of hydrogen-bond acceptors (Lipinski definition) is 3. The van der Waals surface area contributed by atoms with E-state index < -0.39 is 7.32 Å². The first-order chi connectivity index (χ1) is 2.27. The van der Waals surface area contributed by atoms with Crippen LogP contribution in [0.5, 0.6) is 0 Å². The zero-order valence-corrected chi connectivity index (χ0v) is 3.01. The van der Waals surface area contributed by atoms with Crippen LogP contribution < -0.4 is 0 Å². The van der Waals surface area contributed by atoms with Crippen molar-refractivity contribution in [1.82, 2.24) is 0 Å². The van der Waals surface area contributed by atoms with Crippen LogP contribution in [0.15, 0.2) is 0 Å². The monoisotopic (exact) mass is 104 g/mol. The molecule has 3 nitrogen and oxygen atoms in total. The zero-order valence-electron chi connectivity index (χ0n) is 2.26. The van der Waals surface area contributed by atoms with Crippen molar-refractivity contribution in [2.75, 3.05) is 0 Å². The van der Waals surface area contributed by atoms with E-state index in [2.05, 4.69) is 16.1 Å². The molecule has 0 aromatic heterocycles. The van der Waals surface area contributed by atoms with E-state index >= 15 is 0 Å². The van der Waals surface area contributed by atoms with Gasteiger partial charge in [0.25, 0.3) is 0 Å². The fourth-order valence-corrected chi connectivity index (χ4v) is 0. The number of rotatable bonds is 1. The third-order valence-electron chi connectivity index (χ3n) is 0.0797. The van der Waals surface area contributed by atoms with Gasteiger partial charge in [0, 0.05) is 11.9 Å². The summed E-state index contributed by atoms with van der Waals surface area (Å²) in [5.41, 5.74) is 0. The Labute approximate surface area is 52.8 Å². The molecule has 0 radical (unpaired) electrons. The van der Waals surface area contributed by atoms with Crippen LogP contribution in [0.1, 0.15) is 0 Å². The molecule has 0 aliphatic rings. The van der Waals surface area contributed by atoms with Crippen LogP contribution in [0.3, 0.4) is 0 Å². The molecule has 0 saturated carbocycles. The Morgan fingerprint density at radius 3 is 1.67 bits per heavy atom. The summed E-state index contributed by atoms with van der Waals surface area (Å²) in [6, 6.07) is 0. The van der Waals surface area contributed by atoms with E-state index in [4.69, 9.17) is 10.0 Å². The van der Waals surface area contributed by atoms with Crippen LogP contribution >= 0.6 is 11.9 Å². The normalized spacial score (nSPS) is 6.50. The summed E-state index contributed by atoms with van der Waals surface area (Å²) in [6.45, 7) is 0. The van der Waals surface area contributed by atoms with E-state index in [1.165, 1.54) is 0 Å². The molecule has 2 N–H and O–H groups in total. The van der Waals surface area contributed by atoms with E-state index in [0.717, 1.165) is 0 Å². The summed E-state index contributed by atoms with van der Waals surface area (Å²) < 4.78 is 3.33. The molecule has 0 aromatic carbocycles. The van der Waals surface area contributed by atoms with E-state index in [1.807, 2.05) is 0 Å². The molecule has 0 aliphatic heterocycles. The summed E-state index contributed by atoms with van der Waals surface area (Å²) in [4.78, 5) is 0. The fourth-order valence-electron chi connectivity index (χ4n) is 0. The predicted molar refractivity (Wildman–Crippen MR) is 24.3 cm³/mol. The molecule has 0 saturated heterocycles. The summed E-state index contributed by atoms with van der Waals surface area (Å²) >= 11 is 4.34. The maximum atomic E-state index is 7.56. The Balaban J connectivity index is 0. The molecule has 0 bridgehead atoms. The first-order valence-corrected chi connectivity index (χ1v) is 1.22. The molecule has 0 aliphatic carbocycles. The summed E-state index contributed by atoms with van der Waals surface area (Å²) in [7, 11) is -1.85. The van der Waals surface area contributed by atoms with Crippen molar-refractivity contribution in [3.8, 4) is 0 Å². The van der Waals surface area contributed by atoms with Crippen LogP contribution in [0, 0.1) is 0 Å². The van der Waals surface area contributed by atoms with Gasteiger partial charge >= 0.3 is 26.2 Å². The Morgan fingerprint density at radius 2 is 1.67 bits per heavy atom. The predicted octanol–water partition coefficient (Wildman–Crippen LogP) is -1.52. The topological polar surface area (TPSA) is 49.7 Å². The van der Waals surface area contributed by atoms with Crippen molar-refractivity contribution in [1.29, 1.82) is 0 Å². The van der Waals surface area contributed by atoms with Crippen molar-refractivity contribution < 1.29 is 14.3 Å². The van der Waals surface area contributed by atoms with Gasteiger partial charge < -0.3 is 10.0 Å². The molecule has 0 unspecified atom stereocenters. The molecular formula is H3BClLiO3. The van der Waals surface area contributed by atoms with Crippen molar-refractivity contribution in [3.05, 3.63) is 0 Å². The number of halogens is 1. The zero-order chi connectivity index (χ0) is 4.28. The third-order valence-corrected chi connectivity index (χ3v) is 0.239. The van der Waals surface area contributed by atoms with E-state index in [9.17, 15) is 0 Å². The van der Waals surface area contributed by atoms with Gasteiger partial charge in [0.2, 0.25) is 0 Å². The fraction of sp³-hybridized carbons (Fsp3) is 0. The molecular weight excluding hydrogens is 101 g/mol. The van der Waals surface area contributed by atoms with Crippen molar-refractivity contribution >= 4 is 38.0 Å². The second kappa shape index (κ2) is 5.83. The van der Waals surface area contributed by atoms with Gasteiger partial charge in [-0.1, -0.05) is 0 Å². The van der Waals surface area contributed by atoms with Crippen LogP contribution in [0.4, 0.5) is 0 Å². The summed E-state index contributed by atoms with van der Waals surface area (Å²) in [5.74, 6) is 0. The average molecular weight is 104 g/mol. The van der Waals surface area contributed by atoms with Gasteiger partial charge in [-0.05, 0) is 0 Å². The average Bonchev–Trinajstić information content (AvgIpc) is 1.38. The van der Waals surface area contributed by atoms with Gasteiger partial charge in [-0.25, -0.2) is 0 Å². The summed E-state index contributed by atoms with van der Waals surface area (Å²) in [6.07, 6.45) is 0. The second-order valence-electron chi connectivity index (χ2n) is 0.415. The quantitative estimate of drug-likeness (QED) is 0.397.